The van der Waals surface area contributed by atoms with Gasteiger partial charge in [0.25, 0.3) is 0 Å². The minimum Gasteiger partial charge on any atom is -0.731 e. The summed E-state index contributed by atoms with van der Waals surface area (Å²) in [5.41, 5.74) is 2.38. The molecule has 4 rings (SSSR count). The second-order valence-corrected chi connectivity index (χ2v) is 17.7. The van der Waals surface area contributed by atoms with Gasteiger partial charge in [0.2, 0.25) is 0 Å². The van der Waals surface area contributed by atoms with E-state index in [2.05, 4.69) is 24.5 Å². The summed E-state index contributed by atoms with van der Waals surface area (Å²) in [5, 5.41) is 6.36. The zero-order valence-electron chi connectivity index (χ0n) is 34.0. The smallest absolute Gasteiger partial charge is 0.731 e. The maximum atomic E-state index is 11.7. The summed E-state index contributed by atoms with van der Waals surface area (Å²) in [5.74, 6) is 0. The number of hydrogen-bond acceptors (Lipinski definition) is 8. The van der Waals surface area contributed by atoms with Crippen LogP contribution in [0.15, 0.2) is 48.5 Å². The zero-order chi connectivity index (χ0) is 39.1. The van der Waals surface area contributed by atoms with Crippen molar-refractivity contribution in [1.82, 2.24) is 0 Å². The predicted octanol–water partition coefficient (Wildman–Crippen LogP) is 11.2. The molecule has 308 valence electrons. The molecule has 2 unspecified atom stereocenters. The maximum absolute atomic E-state index is 11.7. The number of fused-ring (bicyclic) bond motifs is 2. The van der Waals surface area contributed by atoms with Crippen molar-refractivity contribution in [1.29, 1.82) is 0 Å². The van der Waals surface area contributed by atoms with Crippen LogP contribution in [-0.4, -0.2) is 76.0 Å². The summed E-state index contributed by atoms with van der Waals surface area (Å²) < 4.78 is 71.9. The summed E-state index contributed by atoms with van der Waals surface area (Å²) in [4.78, 5) is 0. The molecule has 2 aromatic rings. The Morgan fingerprint density at radius 2 is 0.709 bits per heavy atom. The monoisotopic (exact) mass is 830 g/mol. The van der Waals surface area contributed by atoms with Gasteiger partial charge in [-0.3, -0.25) is 8.61 Å². The van der Waals surface area contributed by atoms with E-state index >= 15 is 0 Å². The van der Waals surface area contributed by atoms with E-state index in [-0.39, 0.29) is 37.7 Å². The van der Waals surface area contributed by atoms with Crippen molar-refractivity contribution in [3.8, 4) is 0 Å². The maximum Gasteiger partial charge on any atom is 2.00 e. The number of rotatable bonds is 28. The van der Waals surface area contributed by atoms with E-state index in [0.717, 1.165) is 45.7 Å². The minimum atomic E-state index is -4.51. The molecule has 2 aliphatic rings. The molecule has 0 amide bonds. The summed E-state index contributed by atoms with van der Waals surface area (Å²) in [7, 11) is -9.02. The van der Waals surface area contributed by atoms with Crippen molar-refractivity contribution in [2.45, 2.75) is 193 Å². The molecule has 0 aromatic heterocycles. The number of nitrogens with one attached hydrogen (secondary N) is 2. The Labute approximate surface area is 365 Å². The summed E-state index contributed by atoms with van der Waals surface area (Å²) in [6.07, 6.45) is 30.8. The van der Waals surface area contributed by atoms with Gasteiger partial charge in [0.05, 0.1) is 22.7 Å². The van der Waals surface area contributed by atoms with Crippen molar-refractivity contribution >= 4 is 81.1 Å². The molecule has 0 fully saturated rings. The molecule has 55 heavy (non-hydrogen) atoms. The molecule has 0 aliphatic carbocycles. The number of unbranched alkanes of at least 4 members (excludes halogenated alkanes) is 22. The Balaban J connectivity index is 0.000000373. The van der Waals surface area contributed by atoms with Crippen molar-refractivity contribution in [3.05, 3.63) is 48.5 Å². The molecule has 2 heterocycles. The normalized spacial score (nSPS) is 16.1. The molecular weight excluding hydrogens is 761 g/mol. The first-order valence-corrected chi connectivity index (χ1v) is 24.0. The molecule has 0 saturated heterocycles. The van der Waals surface area contributed by atoms with Gasteiger partial charge in [-0.25, -0.2) is 16.8 Å². The molecule has 2 atom stereocenters. The number of nitrogens with zero attached hydrogens (tertiary/aromatic N) is 2. The Morgan fingerprint density at radius 1 is 0.455 bits per heavy atom. The average molecular weight is 831 g/mol. The zero-order valence-corrected chi connectivity index (χ0v) is 37.9. The van der Waals surface area contributed by atoms with Crippen LogP contribution in [-0.2, 0) is 20.6 Å². The van der Waals surface area contributed by atoms with Gasteiger partial charge in [-0.15, -0.1) is 0 Å². The Morgan fingerprint density at radius 3 is 0.982 bits per heavy atom. The Kier molecular flexibility index (Phi) is 25.6. The van der Waals surface area contributed by atoms with Gasteiger partial charge in [-0.05, 0) is 49.9 Å². The molecule has 2 aliphatic heterocycles. The first-order valence-electron chi connectivity index (χ1n) is 21.3. The van der Waals surface area contributed by atoms with Crippen molar-refractivity contribution in [2.24, 2.45) is 0 Å². The first kappa shape index (κ1) is 49.9. The van der Waals surface area contributed by atoms with Gasteiger partial charge in [-0.1, -0.05) is 179 Å². The van der Waals surface area contributed by atoms with Crippen LogP contribution in [0.4, 0.5) is 22.7 Å². The molecule has 2 aromatic carbocycles. The molecule has 0 saturated carbocycles. The molecular formula is C42H70CaN4O6S2. The van der Waals surface area contributed by atoms with Crippen LogP contribution in [0, 0.1) is 0 Å². The summed E-state index contributed by atoms with van der Waals surface area (Å²) in [6.45, 7) is 4.50. The van der Waals surface area contributed by atoms with Crippen molar-refractivity contribution in [3.63, 3.8) is 0 Å². The fourth-order valence-electron chi connectivity index (χ4n) is 7.68. The minimum absolute atomic E-state index is 0. The number of anilines is 4. The molecule has 0 bridgehead atoms. The largest absolute Gasteiger partial charge is 2.00 e. The van der Waals surface area contributed by atoms with E-state index in [9.17, 15) is 25.9 Å². The third-order valence-corrected chi connectivity index (χ3v) is 12.5. The van der Waals surface area contributed by atoms with Crippen LogP contribution in [0.5, 0.6) is 0 Å². The van der Waals surface area contributed by atoms with Gasteiger partial charge < -0.3 is 19.7 Å². The van der Waals surface area contributed by atoms with E-state index in [1.54, 1.807) is 24.3 Å². The third kappa shape index (κ3) is 18.9. The van der Waals surface area contributed by atoms with Crippen molar-refractivity contribution < 1.29 is 25.9 Å². The number of para-hydroxylation sites is 4. The molecule has 13 heteroatoms. The van der Waals surface area contributed by atoms with Gasteiger partial charge in [0.15, 0.2) is 20.6 Å². The van der Waals surface area contributed by atoms with Gasteiger partial charge in [0, 0.05) is 0 Å². The van der Waals surface area contributed by atoms with Gasteiger partial charge in [-0.2, -0.15) is 0 Å². The summed E-state index contributed by atoms with van der Waals surface area (Å²) in [6, 6.07) is 14.2. The molecule has 0 spiro atoms. The number of benzene rings is 2. The topological polar surface area (TPSA) is 145 Å². The first-order chi connectivity index (χ1) is 26.1. The van der Waals surface area contributed by atoms with E-state index in [1.807, 2.05) is 24.3 Å². The third-order valence-electron chi connectivity index (χ3n) is 10.6. The van der Waals surface area contributed by atoms with Crippen LogP contribution < -0.4 is 19.2 Å². The van der Waals surface area contributed by atoms with Gasteiger partial charge >= 0.3 is 37.7 Å². The number of hydrogen-bond donors (Lipinski definition) is 2. The van der Waals surface area contributed by atoms with E-state index in [4.69, 9.17) is 0 Å². The van der Waals surface area contributed by atoms with Gasteiger partial charge in [0.1, 0.15) is 12.3 Å². The Hall–Kier alpha value is -1.28. The Bertz CT molecular complexity index is 1420. The standard InChI is InChI=1S/2C21H36N2O3S.Ca/c2*1-2-3-4-5-6-7-8-9-10-11-12-13-18-21-22-19-16-14-15-17-20(19)23(21)27(24,25)26;/h2*14-17,21-22H,2-13,18H2,1H3,(H,24,25,26);/q;;+2/p-2. The van der Waals surface area contributed by atoms with E-state index in [0.29, 0.717) is 24.2 Å². The predicted molar refractivity (Wildman–Crippen MR) is 229 cm³/mol. The molecule has 2 N–H and O–H groups in total. The second-order valence-electron chi connectivity index (χ2n) is 15.2. The fraction of sp³-hybridized carbons (Fsp3) is 0.714. The second kappa shape index (κ2) is 28.2. The SMILES string of the molecule is CCCCCCCCCCCCCCC1Nc2ccccc2N1S(=O)(=O)[O-].CCCCCCCCCCCCCCC1Nc2ccccc2N1S(=O)(=O)[O-].[Ca+2]. The van der Waals surface area contributed by atoms with E-state index in [1.165, 1.54) is 128 Å². The van der Waals surface area contributed by atoms with E-state index < -0.39 is 32.9 Å². The van der Waals surface area contributed by atoms with Crippen LogP contribution in [0.3, 0.4) is 0 Å². The van der Waals surface area contributed by atoms with Crippen LogP contribution >= 0.6 is 0 Å². The van der Waals surface area contributed by atoms with Crippen LogP contribution in [0.2, 0.25) is 0 Å². The molecule has 10 nitrogen and oxygen atoms in total. The van der Waals surface area contributed by atoms with Crippen LogP contribution in [0.1, 0.15) is 181 Å². The van der Waals surface area contributed by atoms with Crippen LogP contribution in [0.25, 0.3) is 0 Å². The fourth-order valence-corrected chi connectivity index (χ4v) is 9.42. The van der Waals surface area contributed by atoms with Crippen molar-refractivity contribution in [2.75, 3.05) is 19.2 Å². The average Bonchev–Trinajstić information content (AvgIpc) is 3.71. The summed E-state index contributed by atoms with van der Waals surface area (Å²) >= 11 is 0. The molecule has 0 radical (unpaired) electrons. The quantitative estimate of drug-likeness (QED) is 0.0490.